The lowest BCUT2D eigenvalue weighted by Crippen LogP contribution is -2.17. The second kappa shape index (κ2) is 15.2. The lowest BCUT2D eigenvalue weighted by molar-refractivity contribution is 0.0979. The number of aliphatic imine (C=N–C) groups is 1. The van der Waals surface area contributed by atoms with Crippen LogP contribution < -0.4 is 0 Å². The van der Waals surface area contributed by atoms with E-state index in [2.05, 4.69) is 25.8 Å². The number of benzene rings is 1. The van der Waals surface area contributed by atoms with E-state index in [1.165, 1.54) is 89.9 Å². The highest BCUT2D eigenvalue weighted by Crippen LogP contribution is 2.21. The Morgan fingerprint density at radius 1 is 0.781 bits per heavy atom. The summed E-state index contributed by atoms with van der Waals surface area (Å²) < 4.78 is 5.68. The fourth-order valence-electron chi connectivity index (χ4n) is 4.33. The van der Waals surface area contributed by atoms with Crippen LogP contribution in [-0.2, 0) is 4.74 Å². The summed E-state index contributed by atoms with van der Waals surface area (Å²) in [6.45, 7) is 7.02. The molecule has 0 saturated heterocycles. The van der Waals surface area contributed by atoms with E-state index in [1.807, 2.05) is 24.3 Å². The van der Waals surface area contributed by atoms with E-state index in [9.17, 15) is 4.79 Å². The fourth-order valence-corrected chi connectivity index (χ4v) is 4.33. The first kappa shape index (κ1) is 26.6. The molecule has 3 nitrogen and oxygen atoms in total. The monoisotopic (exact) mass is 441 g/mol. The van der Waals surface area contributed by atoms with Crippen molar-refractivity contribution in [3.63, 3.8) is 0 Å². The van der Waals surface area contributed by atoms with Crippen LogP contribution in [0, 0.1) is 0 Å². The third kappa shape index (κ3) is 10.8. The lowest BCUT2D eigenvalue weighted by atomic mass is 10.0. The van der Waals surface area contributed by atoms with Gasteiger partial charge in [0.1, 0.15) is 6.61 Å². The SMILES string of the molecule is CCCCCCCCCCCCCCCCCC(=O)c1ccc(C2=NC(C)(C)CO2)cc1. The normalized spacial score (nSPS) is 14.9. The van der Waals surface area contributed by atoms with E-state index >= 15 is 0 Å². The van der Waals surface area contributed by atoms with E-state index in [1.54, 1.807) is 0 Å². The Kier molecular flexibility index (Phi) is 12.7. The van der Waals surface area contributed by atoms with Crippen molar-refractivity contribution in [1.82, 2.24) is 0 Å². The number of hydrogen-bond donors (Lipinski definition) is 0. The van der Waals surface area contributed by atoms with E-state index in [4.69, 9.17) is 4.74 Å². The number of ether oxygens (including phenoxy) is 1. The van der Waals surface area contributed by atoms with Crippen molar-refractivity contribution >= 4 is 11.7 Å². The highest BCUT2D eigenvalue weighted by atomic mass is 16.5. The van der Waals surface area contributed by atoms with Gasteiger partial charge < -0.3 is 4.74 Å². The second-order valence-corrected chi connectivity index (χ2v) is 10.2. The topological polar surface area (TPSA) is 38.7 Å². The summed E-state index contributed by atoms with van der Waals surface area (Å²) in [6.07, 6.45) is 20.9. The van der Waals surface area contributed by atoms with Crippen molar-refractivity contribution in [2.24, 2.45) is 4.99 Å². The zero-order valence-corrected chi connectivity index (χ0v) is 21.1. The smallest absolute Gasteiger partial charge is 0.216 e. The molecule has 0 bridgehead atoms. The molecular formula is C29H47NO2. The predicted octanol–water partition coefficient (Wildman–Crippen LogP) is 8.69. The van der Waals surface area contributed by atoms with Gasteiger partial charge >= 0.3 is 0 Å². The van der Waals surface area contributed by atoms with Crippen LogP contribution in [-0.4, -0.2) is 23.8 Å². The summed E-state index contributed by atoms with van der Waals surface area (Å²) in [6, 6.07) is 7.75. The largest absolute Gasteiger partial charge is 0.475 e. The quantitative estimate of drug-likeness (QED) is 0.169. The molecule has 0 amide bonds. The summed E-state index contributed by atoms with van der Waals surface area (Å²) in [7, 11) is 0. The average molecular weight is 442 g/mol. The highest BCUT2D eigenvalue weighted by molar-refractivity contribution is 5.99. The van der Waals surface area contributed by atoms with Gasteiger partial charge in [0.05, 0.1) is 5.54 Å². The summed E-state index contributed by atoms with van der Waals surface area (Å²) in [4.78, 5) is 17.0. The molecule has 0 fully saturated rings. The van der Waals surface area contributed by atoms with Crippen LogP contribution in [0.15, 0.2) is 29.3 Å². The third-order valence-electron chi connectivity index (χ3n) is 6.43. The Morgan fingerprint density at radius 2 is 1.25 bits per heavy atom. The van der Waals surface area contributed by atoms with Crippen molar-refractivity contribution in [2.75, 3.05) is 6.61 Å². The summed E-state index contributed by atoms with van der Waals surface area (Å²) in [5.74, 6) is 0.942. The van der Waals surface area contributed by atoms with Gasteiger partial charge in [0.25, 0.3) is 0 Å². The number of carbonyl (C=O) groups is 1. The summed E-state index contributed by atoms with van der Waals surface area (Å²) >= 11 is 0. The first-order valence-electron chi connectivity index (χ1n) is 13.4. The number of unbranched alkanes of at least 4 members (excludes halogenated alkanes) is 14. The van der Waals surface area contributed by atoms with Gasteiger partial charge in [-0.3, -0.25) is 4.79 Å². The third-order valence-corrected chi connectivity index (χ3v) is 6.43. The Labute approximate surface area is 197 Å². The molecule has 1 aromatic rings. The fraction of sp³-hybridized carbons (Fsp3) is 0.724. The lowest BCUT2D eigenvalue weighted by Gasteiger charge is -2.07. The Bertz CT molecular complexity index is 675. The van der Waals surface area contributed by atoms with Crippen LogP contribution in [0.25, 0.3) is 0 Å². The average Bonchev–Trinajstić information content (AvgIpc) is 3.16. The first-order chi connectivity index (χ1) is 15.5. The van der Waals surface area contributed by atoms with Gasteiger partial charge in [-0.2, -0.15) is 0 Å². The molecule has 2 rings (SSSR count). The summed E-state index contributed by atoms with van der Waals surface area (Å²) in [5.41, 5.74) is 1.60. The molecule has 0 spiro atoms. The maximum atomic E-state index is 12.5. The van der Waals surface area contributed by atoms with Gasteiger partial charge in [0.2, 0.25) is 5.90 Å². The van der Waals surface area contributed by atoms with Crippen LogP contribution >= 0.6 is 0 Å². The minimum atomic E-state index is -0.155. The maximum absolute atomic E-state index is 12.5. The Morgan fingerprint density at radius 3 is 1.69 bits per heavy atom. The molecule has 1 aliphatic rings. The number of ketones is 1. The van der Waals surface area contributed by atoms with E-state index in [0.29, 0.717) is 18.9 Å². The second-order valence-electron chi connectivity index (χ2n) is 10.2. The molecule has 0 aromatic heterocycles. The number of nitrogens with zero attached hydrogens (tertiary/aromatic N) is 1. The minimum absolute atomic E-state index is 0.155. The van der Waals surface area contributed by atoms with Crippen molar-refractivity contribution < 1.29 is 9.53 Å². The first-order valence-corrected chi connectivity index (χ1v) is 13.4. The van der Waals surface area contributed by atoms with Crippen LogP contribution in [0.2, 0.25) is 0 Å². The zero-order chi connectivity index (χ0) is 23.1. The minimum Gasteiger partial charge on any atom is -0.475 e. The summed E-state index contributed by atoms with van der Waals surface area (Å²) in [5, 5.41) is 0. The molecule has 1 aliphatic heterocycles. The molecular weight excluding hydrogens is 394 g/mol. The molecule has 1 aromatic carbocycles. The van der Waals surface area contributed by atoms with E-state index < -0.39 is 0 Å². The van der Waals surface area contributed by atoms with Crippen LogP contribution in [0.5, 0.6) is 0 Å². The predicted molar refractivity (Wildman–Crippen MR) is 137 cm³/mol. The number of hydrogen-bond acceptors (Lipinski definition) is 3. The van der Waals surface area contributed by atoms with Crippen molar-refractivity contribution in [1.29, 1.82) is 0 Å². The molecule has 0 aliphatic carbocycles. The van der Waals surface area contributed by atoms with Gasteiger partial charge in [-0.05, 0) is 32.4 Å². The molecule has 180 valence electrons. The Balaban J connectivity index is 1.45. The standard InChI is InChI=1S/C29H47NO2/c1-4-5-6-7-8-9-10-11-12-13-14-15-16-17-18-19-27(31)25-20-22-26(23-21-25)28-30-29(2,3)24-32-28/h20-23H,4-19,24H2,1-3H3. The Hall–Kier alpha value is -1.64. The van der Waals surface area contributed by atoms with Crippen molar-refractivity contribution in [2.45, 2.75) is 129 Å². The molecule has 32 heavy (non-hydrogen) atoms. The van der Waals surface area contributed by atoms with Gasteiger partial charge in [-0.25, -0.2) is 4.99 Å². The molecule has 0 radical (unpaired) electrons. The molecule has 0 saturated carbocycles. The van der Waals surface area contributed by atoms with E-state index in [0.717, 1.165) is 17.5 Å². The molecule has 3 heteroatoms. The maximum Gasteiger partial charge on any atom is 0.216 e. The number of Topliss-reactive ketones (excluding diaryl/α,β-unsaturated/α-hetero) is 1. The number of rotatable bonds is 18. The van der Waals surface area contributed by atoms with Gasteiger partial charge in [-0.1, -0.05) is 109 Å². The molecule has 0 atom stereocenters. The molecule has 1 heterocycles. The van der Waals surface area contributed by atoms with Crippen molar-refractivity contribution in [3.05, 3.63) is 35.4 Å². The van der Waals surface area contributed by atoms with Gasteiger partial charge in [0, 0.05) is 17.5 Å². The molecule has 0 N–H and O–H groups in total. The van der Waals surface area contributed by atoms with Crippen molar-refractivity contribution in [3.8, 4) is 0 Å². The highest BCUT2D eigenvalue weighted by Gasteiger charge is 2.26. The van der Waals surface area contributed by atoms with Crippen LogP contribution in [0.4, 0.5) is 0 Å². The van der Waals surface area contributed by atoms with Gasteiger partial charge in [-0.15, -0.1) is 0 Å². The zero-order valence-electron chi connectivity index (χ0n) is 21.1. The van der Waals surface area contributed by atoms with Gasteiger partial charge in [0.15, 0.2) is 5.78 Å². The van der Waals surface area contributed by atoms with Crippen LogP contribution in [0.3, 0.4) is 0 Å². The molecule has 0 unspecified atom stereocenters. The number of carbonyl (C=O) groups excluding carboxylic acids is 1. The van der Waals surface area contributed by atoms with Crippen LogP contribution in [0.1, 0.15) is 139 Å². The van der Waals surface area contributed by atoms with E-state index in [-0.39, 0.29) is 11.3 Å².